The molecule has 0 amide bonds. The van der Waals surface area contributed by atoms with Crippen molar-refractivity contribution < 1.29 is 13.5 Å². The van der Waals surface area contributed by atoms with E-state index in [4.69, 9.17) is 4.74 Å². The number of anilines is 1. The quantitative estimate of drug-likeness (QED) is 0.850. The van der Waals surface area contributed by atoms with Gasteiger partial charge in [0, 0.05) is 23.8 Å². The second-order valence-corrected chi connectivity index (χ2v) is 4.46. The van der Waals surface area contributed by atoms with Crippen molar-refractivity contribution in [1.29, 1.82) is 0 Å². The largest absolute Gasteiger partial charge is 0.372 e. The van der Waals surface area contributed by atoms with Gasteiger partial charge in [-0.1, -0.05) is 0 Å². The molecule has 1 aromatic heterocycles. The van der Waals surface area contributed by atoms with Crippen LogP contribution in [-0.4, -0.2) is 37.5 Å². The van der Waals surface area contributed by atoms with Gasteiger partial charge in [0.15, 0.2) is 11.6 Å². The highest BCUT2D eigenvalue weighted by Gasteiger charge is 2.30. The monoisotopic (exact) mass is 292 g/mol. The molecule has 1 fully saturated rings. The van der Waals surface area contributed by atoms with E-state index in [9.17, 15) is 8.78 Å². The second-order valence-electron chi connectivity index (χ2n) is 3.55. The number of hydrogen-bond acceptors (Lipinski definition) is 3. The molecule has 0 radical (unpaired) electrons. The smallest absolute Gasteiger partial charge is 0.166 e. The minimum Gasteiger partial charge on any atom is -0.372 e. The van der Waals surface area contributed by atoms with Crippen molar-refractivity contribution in [3.8, 4) is 0 Å². The van der Waals surface area contributed by atoms with Gasteiger partial charge in [-0.2, -0.15) is 0 Å². The Balaban J connectivity index is 1.91. The molecule has 1 saturated heterocycles. The summed E-state index contributed by atoms with van der Waals surface area (Å²) in [5, 5.41) is 0. The highest BCUT2D eigenvalue weighted by atomic mass is 79.9. The van der Waals surface area contributed by atoms with E-state index in [0.29, 0.717) is 23.4 Å². The predicted octanol–water partition coefficient (Wildman–Crippen LogP) is 2.16. The fraction of sp³-hybridized carbons (Fsp3) is 0.500. The molecule has 88 valence electrons. The van der Waals surface area contributed by atoms with Gasteiger partial charge in [0.2, 0.25) is 0 Å². The van der Waals surface area contributed by atoms with Gasteiger partial charge in [-0.05, 0) is 22.0 Å². The molecule has 2 heterocycles. The third kappa shape index (κ3) is 2.49. The summed E-state index contributed by atoms with van der Waals surface area (Å²) in [7, 11) is 0. The van der Waals surface area contributed by atoms with Crippen LogP contribution in [0.15, 0.2) is 16.7 Å². The molecular weight excluding hydrogens is 282 g/mol. The van der Waals surface area contributed by atoms with E-state index < -0.39 is 6.67 Å². The third-order valence-corrected chi connectivity index (χ3v) is 2.80. The summed E-state index contributed by atoms with van der Waals surface area (Å²) < 4.78 is 31.1. The molecule has 0 unspecified atom stereocenters. The van der Waals surface area contributed by atoms with Gasteiger partial charge in [0.05, 0.1) is 12.7 Å². The van der Waals surface area contributed by atoms with Gasteiger partial charge < -0.3 is 9.64 Å². The van der Waals surface area contributed by atoms with Gasteiger partial charge in [-0.15, -0.1) is 0 Å². The van der Waals surface area contributed by atoms with Crippen molar-refractivity contribution in [3.05, 3.63) is 22.6 Å². The van der Waals surface area contributed by atoms with Gasteiger partial charge in [-0.25, -0.2) is 13.8 Å². The van der Waals surface area contributed by atoms with E-state index in [0.717, 1.165) is 0 Å². The summed E-state index contributed by atoms with van der Waals surface area (Å²) in [6.07, 6.45) is 1.54. The number of halogens is 3. The zero-order valence-corrected chi connectivity index (χ0v) is 10.1. The topological polar surface area (TPSA) is 25.4 Å². The van der Waals surface area contributed by atoms with Crippen molar-refractivity contribution in [3.63, 3.8) is 0 Å². The van der Waals surface area contributed by atoms with E-state index in [1.54, 1.807) is 11.1 Å². The number of aromatic nitrogens is 1. The summed E-state index contributed by atoms with van der Waals surface area (Å²) in [6.45, 7) is 0.743. The van der Waals surface area contributed by atoms with Crippen LogP contribution >= 0.6 is 15.9 Å². The normalized spacial score (nSPS) is 16.3. The predicted molar refractivity (Wildman–Crippen MR) is 59.8 cm³/mol. The Morgan fingerprint density at radius 1 is 1.56 bits per heavy atom. The van der Waals surface area contributed by atoms with Gasteiger partial charge >= 0.3 is 0 Å². The van der Waals surface area contributed by atoms with Crippen molar-refractivity contribution in [1.82, 2.24) is 4.98 Å². The Labute approximate surface area is 101 Å². The maximum Gasteiger partial charge on any atom is 0.166 e. The first kappa shape index (κ1) is 11.7. The van der Waals surface area contributed by atoms with E-state index in [-0.39, 0.29) is 18.5 Å². The van der Waals surface area contributed by atoms with Crippen LogP contribution in [0.5, 0.6) is 0 Å². The molecule has 0 saturated carbocycles. The Bertz CT molecular complexity index is 372. The molecule has 0 aromatic carbocycles. The van der Waals surface area contributed by atoms with E-state index >= 15 is 0 Å². The highest BCUT2D eigenvalue weighted by Crippen LogP contribution is 2.25. The fourth-order valence-electron chi connectivity index (χ4n) is 1.57. The lowest BCUT2D eigenvalue weighted by molar-refractivity contribution is 0.0262. The number of alkyl halides is 1. The Kier molecular flexibility index (Phi) is 3.70. The van der Waals surface area contributed by atoms with Crippen molar-refractivity contribution in [2.45, 2.75) is 6.10 Å². The Morgan fingerprint density at radius 2 is 2.31 bits per heavy atom. The molecule has 0 atom stereocenters. The van der Waals surface area contributed by atoms with Crippen molar-refractivity contribution >= 4 is 21.7 Å². The molecule has 16 heavy (non-hydrogen) atoms. The van der Waals surface area contributed by atoms with Crippen LogP contribution in [0.2, 0.25) is 0 Å². The lowest BCUT2D eigenvalue weighted by Crippen LogP contribution is -2.53. The lowest BCUT2D eigenvalue weighted by atomic mass is 10.1. The van der Waals surface area contributed by atoms with Crippen LogP contribution in [0.1, 0.15) is 0 Å². The van der Waals surface area contributed by atoms with E-state index in [2.05, 4.69) is 20.9 Å². The lowest BCUT2D eigenvalue weighted by Gasteiger charge is -2.39. The van der Waals surface area contributed by atoms with Gasteiger partial charge in [0.1, 0.15) is 6.67 Å². The molecule has 6 heteroatoms. The molecule has 0 bridgehead atoms. The summed E-state index contributed by atoms with van der Waals surface area (Å²) in [5.41, 5.74) is 0. The number of nitrogens with zero attached hydrogens (tertiary/aromatic N) is 2. The number of ether oxygens (including phenoxy) is 1. The first-order chi connectivity index (χ1) is 7.70. The van der Waals surface area contributed by atoms with Crippen LogP contribution in [-0.2, 0) is 4.74 Å². The number of hydrogen-bond donors (Lipinski definition) is 0. The average molecular weight is 293 g/mol. The highest BCUT2D eigenvalue weighted by molar-refractivity contribution is 9.10. The zero-order chi connectivity index (χ0) is 11.5. The minimum absolute atomic E-state index is 0.0133. The molecule has 3 nitrogen and oxygen atoms in total. The summed E-state index contributed by atoms with van der Waals surface area (Å²) in [4.78, 5) is 5.76. The molecule has 0 spiro atoms. The van der Waals surface area contributed by atoms with Gasteiger partial charge in [-0.3, -0.25) is 0 Å². The molecule has 1 aliphatic heterocycles. The first-order valence-electron chi connectivity index (χ1n) is 4.94. The van der Waals surface area contributed by atoms with Crippen LogP contribution in [0.4, 0.5) is 14.6 Å². The minimum atomic E-state index is -0.485. The maximum atomic E-state index is 13.5. The Hall–Kier alpha value is -0.750. The third-order valence-electron chi connectivity index (χ3n) is 2.37. The molecule has 1 aliphatic rings. The fourth-order valence-corrected chi connectivity index (χ4v) is 1.87. The molecule has 0 N–H and O–H groups in total. The SMILES string of the molecule is FCCOC1CN(c2ncc(Br)cc2F)C1. The summed E-state index contributed by atoms with van der Waals surface area (Å²) in [6, 6.07) is 1.37. The van der Waals surface area contributed by atoms with E-state index in [1.165, 1.54) is 6.07 Å². The van der Waals surface area contributed by atoms with Gasteiger partial charge in [0.25, 0.3) is 0 Å². The molecular formula is C10H11BrF2N2O. The zero-order valence-electron chi connectivity index (χ0n) is 8.50. The second kappa shape index (κ2) is 5.05. The van der Waals surface area contributed by atoms with Crippen LogP contribution < -0.4 is 4.90 Å². The molecule has 2 rings (SSSR count). The first-order valence-corrected chi connectivity index (χ1v) is 5.73. The van der Waals surface area contributed by atoms with Crippen molar-refractivity contribution in [2.75, 3.05) is 31.3 Å². The molecule has 0 aliphatic carbocycles. The number of pyridine rings is 1. The number of rotatable bonds is 4. The van der Waals surface area contributed by atoms with E-state index in [1.807, 2.05) is 0 Å². The summed E-state index contributed by atoms with van der Waals surface area (Å²) >= 11 is 3.14. The van der Waals surface area contributed by atoms with Crippen LogP contribution in [0.3, 0.4) is 0 Å². The standard InChI is InChI=1S/C10H11BrF2N2O/c11-7-3-9(13)10(14-4-7)15-5-8(6-15)16-2-1-12/h3-4,8H,1-2,5-6H2. The van der Waals surface area contributed by atoms with Crippen LogP contribution in [0.25, 0.3) is 0 Å². The summed E-state index contributed by atoms with van der Waals surface area (Å²) in [5.74, 6) is -0.0402. The average Bonchev–Trinajstić information content (AvgIpc) is 2.18. The molecule has 1 aromatic rings. The van der Waals surface area contributed by atoms with Crippen LogP contribution in [0, 0.1) is 5.82 Å². The van der Waals surface area contributed by atoms with Crippen molar-refractivity contribution in [2.24, 2.45) is 0 Å². The maximum absolute atomic E-state index is 13.5. The Morgan fingerprint density at radius 3 is 2.94 bits per heavy atom.